The van der Waals surface area contributed by atoms with E-state index in [0.29, 0.717) is 11.5 Å². The van der Waals surface area contributed by atoms with E-state index in [1.807, 2.05) is 12.1 Å². The third-order valence-electron chi connectivity index (χ3n) is 4.61. The van der Waals surface area contributed by atoms with E-state index in [-0.39, 0.29) is 12.4 Å². The molecule has 0 aromatic heterocycles. The van der Waals surface area contributed by atoms with Gasteiger partial charge in [0.15, 0.2) is 0 Å². The van der Waals surface area contributed by atoms with Crippen molar-refractivity contribution >= 4 is 6.21 Å². The molecule has 0 atom stereocenters. The first-order chi connectivity index (χ1) is 13.0. The second-order valence-electron chi connectivity index (χ2n) is 6.63. The minimum absolute atomic E-state index is 0.138. The van der Waals surface area contributed by atoms with Gasteiger partial charge in [0.05, 0.1) is 0 Å². The molecular weight excluding hydrogens is 355 g/mol. The van der Waals surface area contributed by atoms with Crippen LogP contribution in [0, 0.1) is 0 Å². The highest BCUT2D eigenvalue weighted by Crippen LogP contribution is 2.32. The van der Waals surface area contributed by atoms with E-state index >= 15 is 0 Å². The van der Waals surface area contributed by atoms with Gasteiger partial charge in [0.1, 0.15) is 18.6 Å². The molecule has 3 rings (SSSR count). The van der Waals surface area contributed by atoms with Gasteiger partial charge in [0.2, 0.25) is 0 Å². The normalized spacial score (nSPS) is 15.8. The smallest absolute Gasteiger partial charge is 0.406 e. The molecule has 1 aliphatic carbocycles. The lowest BCUT2D eigenvalue weighted by Crippen LogP contribution is -2.17. The molecule has 0 heterocycles. The van der Waals surface area contributed by atoms with Crippen molar-refractivity contribution in [2.45, 2.75) is 51.0 Å². The van der Waals surface area contributed by atoms with Crippen LogP contribution in [0.2, 0.25) is 0 Å². The number of alkyl halides is 3. The lowest BCUT2D eigenvalue weighted by molar-refractivity contribution is -0.274. The zero-order chi connectivity index (χ0) is 19.1. The number of hydrogen-bond donors (Lipinski definition) is 0. The van der Waals surface area contributed by atoms with E-state index in [4.69, 9.17) is 4.84 Å². The quantitative estimate of drug-likeness (QED) is 0.453. The first-order valence-corrected chi connectivity index (χ1v) is 9.02. The summed E-state index contributed by atoms with van der Waals surface area (Å²) in [7, 11) is 0. The highest BCUT2D eigenvalue weighted by atomic mass is 19.4. The zero-order valence-corrected chi connectivity index (χ0v) is 14.8. The number of nitrogens with zero attached hydrogens (tertiary/aromatic N) is 1. The molecule has 143 valence electrons. The Balaban J connectivity index is 1.46. The molecule has 0 N–H and O–H groups in total. The Labute approximate surface area is 156 Å². The molecule has 0 amide bonds. The molecule has 1 radical (unpaired) electrons. The second-order valence-corrected chi connectivity index (χ2v) is 6.63. The van der Waals surface area contributed by atoms with Crippen LogP contribution < -0.4 is 4.74 Å². The summed E-state index contributed by atoms with van der Waals surface area (Å²) in [5.41, 5.74) is 2.87. The van der Waals surface area contributed by atoms with Crippen LogP contribution in [0.25, 0.3) is 0 Å². The molecular formula is C21H21F3NO2. The summed E-state index contributed by atoms with van der Waals surface area (Å²) in [4.78, 5) is 5.16. The van der Waals surface area contributed by atoms with Crippen molar-refractivity contribution in [1.29, 1.82) is 0 Å². The third kappa shape index (κ3) is 6.31. The Hall–Kier alpha value is -2.50. The van der Waals surface area contributed by atoms with Crippen LogP contribution in [0.4, 0.5) is 13.2 Å². The molecule has 6 heteroatoms. The monoisotopic (exact) mass is 376 g/mol. The summed E-state index contributed by atoms with van der Waals surface area (Å²) in [5.74, 6) is 0.393. The van der Waals surface area contributed by atoms with E-state index < -0.39 is 6.36 Å². The van der Waals surface area contributed by atoms with Crippen molar-refractivity contribution in [1.82, 2.24) is 0 Å². The van der Waals surface area contributed by atoms with Crippen molar-refractivity contribution in [3.8, 4) is 5.75 Å². The number of ether oxygens (including phenoxy) is 1. The molecule has 1 saturated carbocycles. The Morgan fingerprint density at radius 2 is 1.59 bits per heavy atom. The van der Waals surface area contributed by atoms with Crippen molar-refractivity contribution in [2.24, 2.45) is 5.16 Å². The SMILES string of the molecule is FC(F)(F)Oc1ccc(CON=[C]c2ccc(C3CCCCC3)cc2)cc1. The summed E-state index contributed by atoms with van der Waals surface area (Å²) in [5, 5.41) is 3.80. The molecule has 1 aliphatic rings. The Bertz CT molecular complexity index is 734. The first-order valence-electron chi connectivity index (χ1n) is 9.02. The van der Waals surface area contributed by atoms with Crippen molar-refractivity contribution in [2.75, 3.05) is 0 Å². The first kappa shape index (κ1) is 19.3. The number of hydrogen-bond acceptors (Lipinski definition) is 3. The van der Waals surface area contributed by atoms with Gasteiger partial charge in [-0.1, -0.05) is 60.8 Å². The highest BCUT2D eigenvalue weighted by Gasteiger charge is 2.30. The fraction of sp³-hybridized carbons (Fsp3) is 0.381. The lowest BCUT2D eigenvalue weighted by atomic mass is 9.84. The van der Waals surface area contributed by atoms with E-state index in [0.717, 1.165) is 5.56 Å². The maximum Gasteiger partial charge on any atom is 0.573 e. The molecule has 0 aliphatic heterocycles. The van der Waals surface area contributed by atoms with Gasteiger partial charge in [-0.25, -0.2) is 0 Å². The van der Waals surface area contributed by atoms with E-state index in [2.05, 4.69) is 28.2 Å². The Morgan fingerprint density at radius 3 is 2.22 bits per heavy atom. The average Bonchev–Trinajstić information content (AvgIpc) is 2.66. The fourth-order valence-electron chi connectivity index (χ4n) is 3.24. The predicted octanol–water partition coefficient (Wildman–Crippen LogP) is 6.06. The second kappa shape index (κ2) is 8.93. The molecule has 0 bridgehead atoms. The van der Waals surface area contributed by atoms with Crippen molar-refractivity contribution in [3.05, 3.63) is 65.2 Å². The Morgan fingerprint density at radius 1 is 0.926 bits per heavy atom. The lowest BCUT2D eigenvalue weighted by Gasteiger charge is -2.21. The largest absolute Gasteiger partial charge is 0.573 e. The van der Waals surface area contributed by atoms with Gasteiger partial charge in [-0.15, -0.1) is 13.2 Å². The number of rotatable bonds is 6. The van der Waals surface area contributed by atoms with Crippen LogP contribution in [0.15, 0.2) is 53.7 Å². The third-order valence-corrected chi connectivity index (χ3v) is 4.61. The maximum atomic E-state index is 12.1. The van der Waals surface area contributed by atoms with E-state index in [9.17, 15) is 13.2 Å². The number of benzene rings is 2. The fourth-order valence-corrected chi connectivity index (χ4v) is 3.24. The number of halogens is 3. The molecule has 27 heavy (non-hydrogen) atoms. The van der Waals surface area contributed by atoms with Gasteiger partial charge in [0, 0.05) is 5.56 Å². The maximum absolute atomic E-state index is 12.1. The van der Waals surface area contributed by atoms with E-state index in [1.54, 1.807) is 0 Å². The summed E-state index contributed by atoms with van der Waals surface area (Å²) in [6.07, 6.45) is 4.58. The summed E-state index contributed by atoms with van der Waals surface area (Å²) in [6.45, 7) is 0.138. The summed E-state index contributed by atoms with van der Waals surface area (Å²) >= 11 is 0. The summed E-state index contributed by atoms with van der Waals surface area (Å²) < 4.78 is 40.2. The molecule has 0 saturated heterocycles. The van der Waals surface area contributed by atoms with Gasteiger partial charge >= 0.3 is 6.36 Å². The van der Waals surface area contributed by atoms with Gasteiger partial charge < -0.3 is 9.57 Å². The molecule has 2 aromatic carbocycles. The van der Waals surface area contributed by atoms with E-state index in [1.165, 1.54) is 61.9 Å². The van der Waals surface area contributed by atoms with Crippen molar-refractivity contribution < 1.29 is 22.7 Å². The summed E-state index contributed by atoms with van der Waals surface area (Å²) in [6, 6.07) is 13.7. The molecule has 0 spiro atoms. The topological polar surface area (TPSA) is 30.8 Å². The van der Waals surface area contributed by atoms with Crippen molar-refractivity contribution in [3.63, 3.8) is 0 Å². The van der Waals surface area contributed by atoms with Crippen LogP contribution in [0.5, 0.6) is 5.75 Å². The highest BCUT2D eigenvalue weighted by molar-refractivity contribution is 5.79. The minimum atomic E-state index is -4.69. The molecule has 3 nitrogen and oxygen atoms in total. The van der Waals surface area contributed by atoms with Crippen LogP contribution in [0.3, 0.4) is 0 Å². The molecule has 1 fully saturated rings. The Kier molecular flexibility index (Phi) is 6.37. The predicted molar refractivity (Wildman–Crippen MR) is 96.7 cm³/mol. The van der Waals surface area contributed by atoms with Crippen LogP contribution in [-0.4, -0.2) is 12.6 Å². The molecule has 2 aromatic rings. The van der Waals surface area contributed by atoms with Gasteiger partial charge in [-0.3, -0.25) is 0 Å². The van der Waals surface area contributed by atoms with Crippen LogP contribution >= 0.6 is 0 Å². The van der Waals surface area contributed by atoms with Crippen LogP contribution in [-0.2, 0) is 11.4 Å². The van der Waals surface area contributed by atoms with Gasteiger partial charge in [0.25, 0.3) is 0 Å². The molecule has 0 unspecified atom stereocenters. The minimum Gasteiger partial charge on any atom is -0.406 e. The van der Waals surface area contributed by atoms with Gasteiger partial charge in [-0.05, 0) is 42.0 Å². The average molecular weight is 376 g/mol. The van der Waals surface area contributed by atoms with Crippen LogP contribution in [0.1, 0.15) is 54.7 Å². The zero-order valence-electron chi connectivity index (χ0n) is 14.8. The van der Waals surface area contributed by atoms with Gasteiger partial charge in [-0.2, -0.15) is 0 Å². The standard InChI is InChI=1S/C21H21F3NO2/c22-21(23,24)27-20-12-8-17(9-13-20)15-26-25-14-16-6-10-19(11-7-16)18-4-2-1-3-5-18/h6-13,18H,1-5,15H2.